The zero-order valence-corrected chi connectivity index (χ0v) is 13.9. The molecule has 0 spiro atoms. The molecule has 6 heteroatoms. The highest BCUT2D eigenvalue weighted by Gasteiger charge is 2.06. The highest BCUT2D eigenvalue weighted by Crippen LogP contribution is 2.02. The molecular weight excluding hydrogens is 322 g/mol. The van der Waals surface area contributed by atoms with Gasteiger partial charge in [-0.2, -0.15) is 0 Å². The maximum absolute atomic E-state index is 11.9. The molecule has 0 atom stereocenters. The molecule has 0 heterocycles. The molecule has 0 aliphatic heterocycles. The van der Waals surface area contributed by atoms with Crippen LogP contribution < -0.4 is 16.2 Å². The van der Waals surface area contributed by atoms with Crippen molar-refractivity contribution >= 4 is 35.2 Å². The van der Waals surface area contributed by atoms with Crippen molar-refractivity contribution in [3.63, 3.8) is 0 Å². The van der Waals surface area contributed by atoms with Crippen LogP contribution in [0.3, 0.4) is 0 Å². The van der Waals surface area contributed by atoms with Crippen molar-refractivity contribution in [2.24, 2.45) is 0 Å². The standard InChI is InChI=1S/C18H17N3O2S/c1-13-7-10-15(11-8-13)17(23)20-21-18(24)19-16(22)12-9-14-5-3-2-4-6-14/h2-12H,1H3,(H,20,23)(H2,19,21,22,24). The zero-order valence-electron chi connectivity index (χ0n) is 13.1. The molecule has 0 aliphatic carbocycles. The third-order valence-electron chi connectivity index (χ3n) is 3.07. The van der Waals surface area contributed by atoms with E-state index in [1.165, 1.54) is 6.08 Å². The van der Waals surface area contributed by atoms with Crippen LogP contribution in [0.2, 0.25) is 0 Å². The molecule has 3 N–H and O–H groups in total. The summed E-state index contributed by atoms with van der Waals surface area (Å²) >= 11 is 4.96. The summed E-state index contributed by atoms with van der Waals surface area (Å²) in [6, 6.07) is 16.5. The van der Waals surface area contributed by atoms with Gasteiger partial charge in [-0.1, -0.05) is 48.0 Å². The Balaban J connectivity index is 1.78. The lowest BCUT2D eigenvalue weighted by Crippen LogP contribution is -2.48. The highest BCUT2D eigenvalue weighted by atomic mass is 32.1. The topological polar surface area (TPSA) is 70.2 Å². The van der Waals surface area contributed by atoms with Crippen LogP contribution >= 0.6 is 12.2 Å². The Morgan fingerprint density at radius 1 is 0.958 bits per heavy atom. The number of carbonyl (C=O) groups excluding carboxylic acids is 2. The smallest absolute Gasteiger partial charge is 0.269 e. The fourth-order valence-electron chi connectivity index (χ4n) is 1.81. The van der Waals surface area contributed by atoms with Gasteiger partial charge in [-0.15, -0.1) is 0 Å². The first-order valence-electron chi connectivity index (χ1n) is 7.26. The molecular formula is C18H17N3O2S. The molecule has 0 saturated heterocycles. The summed E-state index contributed by atoms with van der Waals surface area (Å²) in [5.74, 6) is -0.729. The van der Waals surface area contributed by atoms with Crippen molar-refractivity contribution in [3.05, 3.63) is 77.4 Å². The molecule has 0 unspecified atom stereocenters. The van der Waals surface area contributed by atoms with Gasteiger partial charge in [-0.05, 0) is 42.9 Å². The SMILES string of the molecule is Cc1ccc(C(=O)NNC(=S)NC(=O)C=Cc2ccccc2)cc1. The Hall–Kier alpha value is -2.99. The number of hydrogen-bond acceptors (Lipinski definition) is 3. The summed E-state index contributed by atoms with van der Waals surface area (Å²) in [5.41, 5.74) is 7.38. The number of benzene rings is 2. The molecule has 24 heavy (non-hydrogen) atoms. The minimum Gasteiger partial charge on any atom is -0.298 e. The third-order valence-corrected chi connectivity index (χ3v) is 3.27. The van der Waals surface area contributed by atoms with Crippen molar-refractivity contribution in [1.82, 2.24) is 16.2 Å². The van der Waals surface area contributed by atoms with Gasteiger partial charge in [0.05, 0.1) is 0 Å². The van der Waals surface area contributed by atoms with E-state index in [1.54, 1.807) is 18.2 Å². The lowest BCUT2D eigenvalue weighted by Gasteiger charge is -2.09. The van der Waals surface area contributed by atoms with Gasteiger partial charge < -0.3 is 0 Å². The minimum atomic E-state index is -0.388. The van der Waals surface area contributed by atoms with Crippen LogP contribution in [0.1, 0.15) is 21.5 Å². The Morgan fingerprint density at radius 2 is 1.62 bits per heavy atom. The second-order valence-electron chi connectivity index (χ2n) is 5.01. The van der Waals surface area contributed by atoms with Gasteiger partial charge in [0.25, 0.3) is 5.91 Å². The van der Waals surface area contributed by atoms with Crippen molar-refractivity contribution in [2.75, 3.05) is 0 Å². The Labute approximate surface area is 145 Å². The summed E-state index contributed by atoms with van der Waals surface area (Å²) in [7, 11) is 0. The van der Waals surface area contributed by atoms with Gasteiger partial charge in [-0.25, -0.2) is 0 Å². The molecule has 0 bridgehead atoms. The molecule has 2 amide bonds. The average molecular weight is 339 g/mol. The molecule has 0 aliphatic rings. The van der Waals surface area contributed by atoms with E-state index in [4.69, 9.17) is 12.2 Å². The highest BCUT2D eigenvalue weighted by molar-refractivity contribution is 7.80. The lowest BCUT2D eigenvalue weighted by molar-refractivity contribution is -0.115. The molecule has 2 aromatic rings. The maximum Gasteiger partial charge on any atom is 0.269 e. The summed E-state index contributed by atoms with van der Waals surface area (Å²) < 4.78 is 0. The van der Waals surface area contributed by atoms with Crippen LogP contribution in [0.15, 0.2) is 60.7 Å². The predicted molar refractivity (Wildman–Crippen MR) is 98.0 cm³/mol. The Morgan fingerprint density at radius 3 is 2.29 bits per heavy atom. The average Bonchev–Trinajstić information content (AvgIpc) is 2.59. The molecule has 0 fully saturated rings. The normalized spacial score (nSPS) is 10.2. The van der Waals surface area contributed by atoms with E-state index in [-0.39, 0.29) is 16.9 Å². The number of thiocarbonyl (C=S) groups is 1. The molecule has 5 nitrogen and oxygen atoms in total. The summed E-state index contributed by atoms with van der Waals surface area (Å²) in [6.07, 6.45) is 3.04. The van der Waals surface area contributed by atoms with Crippen LogP contribution in [0.25, 0.3) is 6.08 Å². The van der Waals surface area contributed by atoms with E-state index in [9.17, 15) is 9.59 Å². The van der Waals surface area contributed by atoms with Gasteiger partial charge in [0.15, 0.2) is 5.11 Å². The van der Waals surface area contributed by atoms with Crippen LogP contribution in [0.4, 0.5) is 0 Å². The van der Waals surface area contributed by atoms with Gasteiger partial charge in [-0.3, -0.25) is 25.8 Å². The fraction of sp³-hybridized carbons (Fsp3) is 0.0556. The number of rotatable bonds is 3. The molecule has 2 aromatic carbocycles. The Bertz CT molecular complexity index is 756. The fourth-order valence-corrected chi connectivity index (χ4v) is 1.96. The van der Waals surface area contributed by atoms with Crippen LogP contribution in [-0.4, -0.2) is 16.9 Å². The number of aryl methyl sites for hydroxylation is 1. The molecule has 122 valence electrons. The van der Waals surface area contributed by atoms with E-state index in [1.807, 2.05) is 49.4 Å². The van der Waals surface area contributed by atoms with Crippen molar-refractivity contribution in [3.8, 4) is 0 Å². The molecule has 0 radical (unpaired) electrons. The van der Waals surface area contributed by atoms with Crippen LogP contribution in [-0.2, 0) is 4.79 Å². The first-order valence-corrected chi connectivity index (χ1v) is 7.66. The quantitative estimate of drug-likeness (QED) is 0.456. The monoisotopic (exact) mass is 339 g/mol. The first kappa shape index (κ1) is 17.4. The predicted octanol–water partition coefficient (Wildman–Crippen LogP) is 2.34. The first-order chi connectivity index (χ1) is 11.5. The number of nitrogens with one attached hydrogen (secondary N) is 3. The summed E-state index contributed by atoms with van der Waals surface area (Å²) in [4.78, 5) is 23.6. The second kappa shape index (κ2) is 8.59. The van der Waals surface area contributed by atoms with Gasteiger partial charge in [0, 0.05) is 11.6 Å². The van der Waals surface area contributed by atoms with Gasteiger partial charge in [0.1, 0.15) is 0 Å². The second-order valence-corrected chi connectivity index (χ2v) is 5.42. The van der Waals surface area contributed by atoms with Crippen molar-refractivity contribution in [2.45, 2.75) is 6.92 Å². The lowest BCUT2D eigenvalue weighted by atomic mass is 10.1. The van der Waals surface area contributed by atoms with E-state index in [0.29, 0.717) is 5.56 Å². The van der Waals surface area contributed by atoms with Gasteiger partial charge in [0.2, 0.25) is 5.91 Å². The number of hydrogen-bond donors (Lipinski definition) is 3. The van der Waals surface area contributed by atoms with E-state index >= 15 is 0 Å². The number of hydrazine groups is 1. The summed E-state index contributed by atoms with van der Waals surface area (Å²) in [5, 5.41) is 2.46. The number of carbonyl (C=O) groups is 2. The molecule has 0 aromatic heterocycles. The van der Waals surface area contributed by atoms with Crippen molar-refractivity contribution in [1.29, 1.82) is 0 Å². The maximum atomic E-state index is 11.9. The van der Waals surface area contributed by atoms with Gasteiger partial charge >= 0.3 is 0 Å². The zero-order chi connectivity index (χ0) is 17.4. The Kier molecular flexibility index (Phi) is 6.22. The molecule has 0 saturated carbocycles. The third kappa shape index (κ3) is 5.66. The van der Waals surface area contributed by atoms with E-state index in [2.05, 4.69) is 16.2 Å². The van der Waals surface area contributed by atoms with E-state index < -0.39 is 0 Å². The molecule has 2 rings (SSSR count). The van der Waals surface area contributed by atoms with E-state index in [0.717, 1.165) is 11.1 Å². The summed E-state index contributed by atoms with van der Waals surface area (Å²) in [6.45, 7) is 1.94. The van der Waals surface area contributed by atoms with Crippen LogP contribution in [0, 0.1) is 6.92 Å². The van der Waals surface area contributed by atoms with Crippen LogP contribution in [0.5, 0.6) is 0 Å². The van der Waals surface area contributed by atoms with Crippen molar-refractivity contribution < 1.29 is 9.59 Å². The minimum absolute atomic E-state index is 0.0122. The largest absolute Gasteiger partial charge is 0.298 e. The number of amides is 2.